The van der Waals surface area contributed by atoms with Crippen molar-refractivity contribution in [3.8, 4) is 0 Å². The summed E-state index contributed by atoms with van der Waals surface area (Å²) in [6.07, 6.45) is 7.78. The molecule has 4 saturated carbocycles. The highest BCUT2D eigenvalue weighted by atomic mass is 16.6. The van der Waals surface area contributed by atoms with Gasteiger partial charge >= 0.3 is 5.82 Å². The molecule has 0 radical (unpaired) electrons. The second kappa shape index (κ2) is 6.42. The van der Waals surface area contributed by atoms with E-state index in [1.165, 1.54) is 49.0 Å². The van der Waals surface area contributed by atoms with Crippen molar-refractivity contribution >= 4 is 11.7 Å². The van der Waals surface area contributed by atoms with Gasteiger partial charge in [-0.2, -0.15) is 4.68 Å². The number of carbonyl (C=O) groups excluding carboxylic acids is 1. The summed E-state index contributed by atoms with van der Waals surface area (Å²) in [7, 11) is 0. The maximum absolute atomic E-state index is 13.0. The van der Waals surface area contributed by atoms with Crippen LogP contribution >= 0.6 is 0 Å². The van der Waals surface area contributed by atoms with Gasteiger partial charge in [-0.1, -0.05) is 5.16 Å². The predicted octanol–water partition coefficient (Wildman–Crippen LogP) is 2.69. The van der Waals surface area contributed by atoms with Crippen LogP contribution in [-0.4, -0.2) is 31.8 Å². The number of hydrogen-bond donors (Lipinski definition) is 1. The highest BCUT2D eigenvalue weighted by Crippen LogP contribution is 2.53. The van der Waals surface area contributed by atoms with Gasteiger partial charge in [-0.3, -0.25) is 4.79 Å². The lowest BCUT2D eigenvalue weighted by molar-refractivity contribution is -0.389. The molecule has 28 heavy (non-hydrogen) atoms. The molecule has 1 N–H and O–H groups in total. The smallest absolute Gasteiger partial charge is 0.361 e. The van der Waals surface area contributed by atoms with Crippen molar-refractivity contribution in [1.29, 1.82) is 0 Å². The number of aromatic nitrogens is 3. The summed E-state index contributed by atoms with van der Waals surface area (Å²) in [5.74, 6) is 2.91. The van der Waals surface area contributed by atoms with E-state index in [0.29, 0.717) is 23.2 Å². The first-order valence-corrected chi connectivity index (χ1v) is 9.91. The molecule has 0 saturated heterocycles. The quantitative estimate of drug-likeness (QED) is 0.625. The van der Waals surface area contributed by atoms with Gasteiger partial charge in [0, 0.05) is 6.04 Å². The van der Waals surface area contributed by atoms with E-state index >= 15 is 0 Å². The fourth-order valence-corrected chi connectivity index (χ4v) is 5.83. The number of carbonyl (C=O) groups is 1. The molecule has 9 heteroatoms. The lowest BCUT2D eigenvalue weighted by atomic mass is 9.54. The van der Waals surface area contributed by atoms with Crippen LogP contribution in [0.15, 0.2) is 16.8 Å². The molecule has 6 rings (SSSR count). The Morgan fingerprint density at radius 1 is 1.29 bits per heavy atom. The summed E-state index contributed by atoms with van der Waals surface area (Å²) >= 11 is 0. The molecule has 0 aliphatic heterocycles. The van der Waals surface area contributed by atoms with Gasteiger partial charge in [0.2, 0.25) is 0 Å². The number of nitro groups is 1. The normalized spacial score (nSPS) is 30.5. The summed E-state index contributed by atoms with van der Waals surface area (Å²) in [6.45, 7) is 1.94. The Morgan fingerprint density at radius 2 is 1.96 bits per heavy atom. The number of hydrogen-bond acceptors (Lipinski definition) is 6. The molecule has 0 aromatic carbocycles. The number of rotatable bonds is 5. The van der Waals surface area contributed by atoms with Crippen LogP contribution in [0.3, 0.4) is 0 Å². The largest absolute Gasteiger partial charge is 0.389 e. The zero-order valence-electron chi connectivity index (χ0n) is 15.7. The van der Waals surface area contributed by atoms with E-state index in [1.807, 2.05) is 0 Å². The van der Waals surface area contributed by atoms with Gasteiger partial charge in [-0.25, -0.2) is 0 Å². The second-order valence-corrected chi connectivity index (χ2v) is 8.62. The van der Waals surface area contributed by atoms with Gasteiger partial charge in [0.05, 0.1) is 29.5 Å². The summed E-state index contributed by atoms with van der Waals surface area (Å²) in [5, 5.41) is 22.0. The maximum atomic E-state index is 13.0. The number of nitrogens with one attached hydrogen (secondary N) is 1. The molecule has 2 aromatic heterocycles. The minimum absolute atomic E-state index is 0.202. The highest BCUT2D eigenvalue weighted by molar-refractivity contribution is 5.94. The van der Waals surface area contributed by atoms with Crippen LogP contribution in [0.4, 0.5) is 5.82 Å². The van der Waals surface area contributed by atoms with Crippen LogP contribution < -0.4 is 5.32 Å². The Balaban J connectivity index is 1.33. The summed E-state index contributed by atoms with van der Waals surface area (Å²) < 4.78 is 6.69. The van der Waals surface area contributed by atoms with Crippen molar-refractivity contribution in [1.82, 2.24) is 20.3 Å². The Bertz CT molecular complexity index is 905. The van der Waals surface area contributed by atoms with Crippen molar-refractivity contribution in [2.75, 3.05) is 0 Å². The van der Waals surface area contributed by atoms with Crippen LogP contribution in [-0.2, 0) is 6.54 Å². The Morgan fingerprint density at radius 3 is 2.57 bits per heavy atom. The lowest BCUT2D eigenvalue weighted by Gasteiger charge is -2.54. The average molecular weight is 385 g/mol. The van der Waals surface area contributed by atoms with E-state index in [2.05, 4.69) is 15.6 Å². The second-order valence-electron chi connectivity index (χ2n) is 8.62. The minimum atomic E-state index is -0.545. The van der Waals surface area contributed by atoms with E-state index in [4.69, 9.17) is 4.52 Å². The molecule has 4 aliphatic rings. The first-order chi connectivity index (χ1) is 13.5. The molecule has 9 nitrogen and oxygen atoms in total. The highest BCUT2D eigenvalue weighted by Gasteiger charge is 2.48. The van der Waals surface area contributed by atoms with Crippen molar-refractivity contribution in [3.05, 3.63) is 39.4 Å². The third-order valence-corrected chi connectivity index (χ3v) is 6.86. The molecule has 1 amide bonds. The number of nitrogens with zero attached hydrogens (tertiary/aromatic N) is 4. The molecular formula is C19H23N5O4. The first kappa shape index (κ1) is 17.4. The van der Waals surface area contributed by atoms with Crippen LogP contribution in [0.25, 0.3) is 0 Å². The average Bonchev–Trinajstić information content (AvgIpc) is 3.25. The maximum Gasteiger partial charge on any atom is 0.389 e. The summed E-state index contributed by atoms with van der Waals surface area (Å²) in [4.78, 5) is 23.3. The monoisotopic (exact) mass is 385 g/mol. The van der Waals surface area contributed by atoms with Gasteiger partial charge in [-0.15, -0.1) is 0 Å². The summed E-state index contributed by atoms with van der Waals surface area (Å²) in [5.41, 5.74) is 0.865. The molecule has 0 spiro atoms. The molecule has 4 fully saturated rings. The van der Waals surface area contributed by atoms with Crippen LogP contribution in [0, 0.1) is 40.7 Å². The van der Waals surface area contributed by atoms with Crippen LogP contribution in [0.1, 0.15) is 53.9 Å². The van der Waals surface area contributed by atoms with Crippen LogP contribution in [0.5, 0.6) is 0 Å². The van der Waals surface area contributed by atoms with Gasteiger partial charge in [-0.05, 0) is 67.6 Å². The van der Waals surface area contributed by atoms with Crippen LogP contribution in [0.2, 0.25) is 0 Å². The standard InChI is InChI=1S/C19H23N5O4/c1-10-15(9-23-3-2-16(21-23)24(26)27)18(22-28-10)19(25)20-17-13-5-11-4-12(7-13)8-14(17)6-11/h2-3,11-14,17H,4-9H2,1H3,(H,20,25). The molecule has 0 atom stereocenters. The third kappa shape index (κ3) is 2.89. The molecule has 4 bridgehead atoms. The zero-order chi connectivity index (χ0) is 19.4. The SMILES string of the molecule is Cc1onc(C(=O)NC2C3CC4CC(C3)CC2C4)c1Cn1ccc([N+](=O)[O-])n1. The third-order valence-electron chi connectivity index (χ3n) is 6.86. The first-order valence-electron chi connectivity index (χ1n) is 9.91. The van der Waals surface area contributed by atoms with E-state index < -0.39 is 4.92 Å². The molecule has 2 heterocycles. The Labute approximate surface area is 161 Å². The number of amides is 1. The van der Waals surface area contributed by atoms with Crippen molar-refractivity contribution in [3.63, 3.8) is 0 Å². The minimum Gasteiger partial charge on any atom is -0.361 e. The fraction of sp³-hybridized carbons (Fsp3) is 0.632. The molecule has 148 valence electrons. The Kier molecular flexibility index (Phi) is 3.99. The molecular weight excluding hydrogens is 362 g/mol. The summed E-state index contributed by atoms with van der Waals surface area (Å²) in [6, 6.07) is 1.55. The van der Waals surface area contributed by atoms with E-state index in [0.717, 1.165) is 11.8 Å². The van der Waals surface area contributed by atoms with E-state index in [1.54, 1.807) is 6.92 Å². The molecule has 2 aromatic rings. The van der Waals surface area contributed by atoms with Gasteiger partial charge in [0.1, 0.15) is 5.76 Å². The van der Waals surface area contributed by atoms with Crippen molar-refractivity contribution < 1.29 is 14.2 Å². The molecule has 4 aliphatic carbocycles. The Hall–Kier alpha value is -2.71. The predicted molar refractivity (Wildman–Crippen MR) is 97.5 cm³/mol. The van der Waals surface area contributed by atoms with Crippen molar-refractivity contribution in [2.45, 2.75) is 51.6 Å². The topological polar surface area (TPSA) is 116 Å². The van der Waals surface area contributed by atoms with Crippen molar-refractivity contribution in [2.24, 2.45) is 23.7 Å². The zero-order valence-corrected chi connectivity index (χ0v) is 15.7. The van der Waals surface area contributed by atoms with Gasteiger partial charge < -0.3 is 20.0 Å². The number of aryl methyl sites for hydroxylation is 1. The lowest BCUT2D eigenvalue weighted by Crippen LogP contribution is -2.55. The molecule has 0 unspecified atom stereocenters. The fourth-order valence-electron chi connectivity index (χ4n) is 5.83. The van der Waals surface area contributed by atoms with Gasteiger partial charge in [0.25, 0.3) is 5.91 Å². The van der Waals surface area contributed by atoms with Gasteiger partial charge in [0.15, 0.2) is 5.69 Å². The van der Waals surface area contributed by atoms with E-state index in [-0.39, 0.29) is 30.0 Å². The van der Waals surface area contributed by atoms with E-state index in [9.17, 15) is 14.9 Å².